The number of nitrogens with zero attached hydrogens (tertiary/aromatic N) is 5. The Bertz CT molecular complexity index is 1360. The first-order valence-corrected chi connectivity index (χ1v) is 11.4. The lowest BCUT2D eigenvalue weighted by Crippen LogP contribution is -2.36. The van der Waals surface area contributed by atoms with Crippen LogP contribution in [0.3, 0.4) is 0 Å². The van der Waals surface area contributed by atoms with Gasteiger partial charge >= 0.3 is 0 Å². The molecule has 35 heavy (non-hydrogen) atoms. The summed E-state index contributed by atoms with van der Waals surface area (Å²) in [4.78, 5) is 15.5. The lowest BCUT2D eigenvalue weighted by molar-refractivity contribution is 0.122. The fourth-order valence-electron chi connectivity index (χ4n) is 4.13. The van der Waals surface area contributed by atoms with E-state index < -0.39 is 0 Å². The summed E-state index contributed by atoms with van der Waals surface area (Å²) in [6, 6.07) is 15.9. The first-order valence-electron chi connectivity index (χ1n) is 11.4. The van der Waals surface area contributed by atoms with Crippen LogP contribution in [0, 0.1) is 11.3 Å². The van der Waals surface area contributed by atoms with Gasteiger partial charge in [0.05, 0.1) is 37.6 Å². The highest BCUT2D eigenvalue weighted by Crippen LogP contribution is 2.31. The molecule has 8 heteroatoms. The number of aromatic nitrogens is 3. The van der Waals surface area contributed by atoms with Gasteiger partial charge in [0, 0.05) is 25.5 Å². The first-order chi connectivity index (χ1) is 17.2. The minimum absolute atomic E-state index is 0.422. The normalized spacial score (nSPS) is 13.4. The van der Waals surface area contributed by atoms with Crippen molar-refractivity contribution in [2.24, 2.45) is 0 Å². The number of rotatable bonds is 7. The minimum atomic E-state index is 0.422. The maximum absolute atomic E-state index is 10.0. The highest BCUT2D eigenvalue weighted by Gasteiger charge is 2.17. The number of hydrogen-bond acceptors (Lipinski definition) is 8. The second kappa shape index (κ2) is 10.4. The number of methoxy groups -OCH3 is 1. The number of anilines is 1. The van der Waals surface area contributed by atoms with Crippen molar-refractivity contribution < 1.29 is 14.2 Å². The fourth-order valence-corrected chi connectivity index (χ4v) is 4.13. The van der Waals surface area contributed by atoms with Crippen molar-refractivity contribution in [1.29, 1.82) is 5.26 Å². The molecular weight excluding hydrogens is 442 g/mol. The highest BCUT2D eigenvalue weighted by atomic mass is 16.5. The Balaban J connectivity index is 1.40. The third kappa shape index (κ3) is 5.00. The third-order valence-electron chi connectivity index (χ3n) is 6.00. The van der Waals surface area contributed by atoms with E-state index in [1.54, 1.807) is 25.7 Å². The van der Waals surface area contributed by atoms with E-state index in [-0.39, 0.29) is 0 Å². The van der Waals surface area contributed by atoms with Gasteiger partial charge in [-0.1, -0.05) is 12.1 Å². The summed E-state index contributed by atoms with van der Waals surface area (Å²) in [6.45, 7) is 3.27. The smallest absolute Gasteiger partial charge is 0.161 e. The van der Waals surface area contributed by atoms with Gasteiger partial charge in [-0.15, -0.1) is 0 Å². The third-order valence-corrected chi connectivity index (χ3v) is 6.00. The molecule has 4 aromatic rings. The topological polar surface area (TPSA) is 93.4 Å². The molecule has 1 saturated heterocycles. The highest BCUT2D eigenvalue weighted by molar-refractivity contribution is 5.83. The van der Waals surface area contributed by atoms with Crippen LogP contribution in [0.15, 0.2) is 61.1 Å². The molecule has 1 aliphatic rings. The van der Waals surface area contributed by atoms with Crippen molar-refractivity contribution in [3.8, 4) is 17.6 Å². The summed E-state index contributed by atoms with van der Waals surface area (Å²) in [6.07, 6.45) is 5.81. The Kier molecular flexibility index (Phi) is 6.68. The van der Waals surface area contributed by atoms with E-state index in [9.17, 15) is 5.26 Å². The summed E-state index contributed by atoms with van der Waals surface area (Å²) >= 11 is 0. The predicted octanol–water partition coefficient (Wildman–Crippen LogP) is 3.91. The SMILES string of the molecule is COc1cc(Cc2ccc3ncc(N4CCOCC4)nc3c2C#N)ccc1OCc1ccncc1. The number of morpholine rings is 1. The number of nitriles is 1. The molecule has 5 rings (SSSR count). The molecule has 2 aromatic carbocycles. The van der Waals surface area contributed by atoms with Crippen molar-refractivity contribution >= 4 is 16.9 Å². The standard InChI is InChI=1S/C27H25N5O3/c1-33-25-15-20(2-5-24(25)35-18-19-6-8-29-9-7-19)14-21-3-4-23-27(22(21)16-28)31-26(17-30-23)32-10-12-34-13-11-32/h2-9,15,17H,10-14,18H2,1H3. The molecule has 0 aliphatic carbocycles. The molecule has 3 heterocycles. The van der Waals surface area contributed by atoms with Crippen LogP contribution in [0.25, 0.3) is 11.0 Å². The van der Waals surface area contributed by atoms with E-state index in [0.717, 1.165) is 35.6 Å². The lowest BCUT2D eigenvalue weighted by Gasteiger charge is -2.27. The minimum Gasteiger partial charge on any atom is -0.493 e. The maximum atomic E-state index is 10.0. The van der Waals surface area contributed by atoms with Gasteiger partial charge in [-0.25, -0.2) is 4.98 Å². The van der Waals surface area contributed by atoms with E-state index in [0.29, 0.717) is 54.3 Å². The van der Waals surface area contributed by atoms with Gasteiger partial charge < -0.3 is 19.1 Å². The number of pyridine rings is 1. The zero-order chi connectivity index (χ0) is 24.0. The van der Waals surface area contributed by atoms with Crippen LogP contribution in [0.2, 0.25) is 0 Å². The number of hydrogen-bond donors (Lipinski definition) is 0. The molecule has 0 N–H and O–H groups in total. The number of benzene rings is 2. The van der Waals surface area contributed by atoms with Gasteiger partial charge in [0.1, 0.15) is 24.0 Å². The van der Waals surface area contributed by atoms with Crippen molar-refractivity contribution in [2.75, 3.05) is 38.3 Å². The second-order valence-electron chi connectivity index (χ2n) is 8.21. The van der Waals surface area contributed by atoms with E-state index in [2.05, 4.69) is 20.9 Å². The van der Waals surface area contributed by atoms with Crippen molar-refractivity contribution in [3.05, 3.63) is 83.3 Å². The number of ether oxygens (including phenoxy) is 3. The molecule has 176 valence electrons. The number of fused-ring (bicyclic) bond motifs is 1. The Labute approximate surface area is 203 Å². The molecule has 0 spiro atoms. The van der Waals surface area contributed by atoms with Crippen molar-refractivity contribution in [1.82, 2.24) is 15.0 Å². The van der Waals surface area contributed by atoms with Crippen LogP contribution >= 0.6 is 0 Å². The molecular formula is C27H25N5O3. The quantitative estimate of drug-likeness (QED) is 0.404. The Morgan fingerprint density at radius 2 is 1.86 bits per heavy atom. The van der Waals surface area contributed by atoms with Crippen LogP contribution in [-0.2, 0) is 17.8 Å². The summed E-state index contributed by atoms with van der Waals surface area (Å²) in [5.74, 6) is 2.07. The van der Waals surface area contributed by atoms with E-state index in [4.69, 9.17) is 19.2 Å². The van der Waals surface area contributed by atoms with Gasteiger partial charge in [0.2, 0.25) is 0 Å². The largest absolute Gasteiger partial charge is 0.493 e. The maximum Gasteiger partial charge on any atom is 0.161 e. The fraction of sp³-hybridized carbons (Fsp3) is 0.259. The molecule has 0 atom stereocenters. The van der Waals surface area contributed by atoms with Gasteiger partial charge in [-0.2, -0.15) is 5.26 Å². The van der Waals surface area contributed by atoms with E-state index >= 15 is 0 Å². The van der Waals surface area contributed by atoms with Crippen LogP contribution in [0.1, 0.15) is 22.3 Å². The Morgan fingerprint density at radius 1 is 1.03 bits per heavy atom. The van der Waals surface area contributed by atoms with E-state index in [1.165, 1.54) is 0 Å². The average Bonchev–Trinajstić information content (AvgIpc) is 2.93. The predicted molar refractivity (Wildman–Crippen MR) is 132 cm³/mol. The van der Waals surface area contributed by atoms with Gasteiger partial charge in [0.15, 0.2) is 11.5 Å². The molecule has 0 radical (unpaired) electrons. The monoisotopic (exact) mass is 467 g/mol. The van der Waals surface area contributed by atoms with Gasteiger partial charge in [-0.05, 0) is 53.4 Å². The average molecular weight is 468 g/mol. The van der Waals surface area contributed by atoms with Crippen LogP contribution in [0.5, 0.6) is 11.5 Å². The zero-order valence-electron chi connectivity index (χ0n) is 19.5. The summed E-state index contributed by atoms with van der Waals surface area (Å²) < 4.78 is 17.0. The molecule has 0 amide bonds. The summed E-state index contributed by atoms with van der Waals surface area (Å²) in [7, 11) is 1.62. The summed E-state index contributed by atoms with van der Waals surface area (Å²) in [5.41, 5.74) is 4.80. The molecule has 8 nitrogen and oxygen atoms in total. The van der Waals surface area contributed by atoms with Crippen LogP contribution in [0.4, 0.5) is 5.82 Å². The molecule has 0 bridgehead atoms. The van der Waals surface area contributed by atoms with E-state index in [1.807, 2.05) is 42.5 Å². The molecule has 2 aromatic heterocycles. The van der Waals surface area contributed by atoms with Crippen LogP contribution in [-0.4, -0.2) is 48.4 Å². The van der Waals surface area contributed by atoms with Gasteiger partial charge in [0.25, 0.3) is 0 Å². The van der Waals surface area contributed by atoms with Crippen LogP contribution < -0.4 is 14.4 Å². The molecule has 1 aliphatic heterocycles. The van der Waals surface area contributed by atoms with Crippen molar-refractivity contribution in [3.63, 3.8) is 0 Å². The lowest BCUT2D eigenvalue weighted by atomic mass is 9.98. The van der Waals surface area contributed by atoms with Gasteiger partial charge in [-0.3, -0.25) is 9.97 Å². The Hall–Kier alpha value is -4.22. The summed E-state index contributed by atoms with van der Waals surface area (Å²) in [5, 5.41) is 10.0. The second-order valence-corrected chi connectivity index (χ2v) is 8.21. The van der Waals surface area contributed by atoms with Crippen molar-refractivity contribution in [2.45, 2.75) is 13.0 Å². The zero-order valence-corrected chi connectivity index (χ0v) is 19.5. The Morgan fingerprint density at radius 3 is 2.63 bits per heavy atom. The first kappa shape index (κ1) is 22.6. The molecule has 1 fully saturated rings. The molecule has 0 saturated carbocycles. The molecule has 0 unspecified atom stereocenters.